The van der Waals surface area contributed by atoms with Gasteiger partial charge in [0, 0.05) is 44.7 Å². The van der Waals surface area contributed by atoms with Crippen LogP contribution in [0.3, 0.4) is 0 Å². The molecule has 0 aliphatic carbocycles. The van der Waals surface area contributed by atoms with E-state index in [0.29, 0.717) is 5.56 Å². The summed E-state index contributed by atoms with van der Waals surface area (Å²) >= 11 is 0. The first-order valence-electron chi connectivity index (χ1n) is 11.6. The fraction of sp³-hybridized carbons (Fsp3) is 0.320. The number of carbonyl (C=O) groups excluding carboxylic acids is 5. The lowest BCUT2D eigenvalue weighted by molar-refractivity contribution is -0.136. The largest absolute Gasteiger partial charge is 0.321 e. The highest BCUT2D eigenvalue weighted by molar-refractivity contribution is 6.26. The van der Waals surface area contributed by atoms with Crippen molar-refractivity contribution in [3.63, 3.8) is 0 Å². The molecule has 2 aromatic rings. The first-order chi connectivity index (χ1) is 16.9. The summed E-state index contributed by atoms with van der Waals surface area (Å²) in [5.74, 6) is -2.80. The number of piperidine rings is 1. The van der Waals surface area contributed by atoms with Crippen LogP contribution in [-0.2, 0) is 16.1 Å². The number of nitrogens with one attached hydrogen (secondary N) is 3. The smallest absolute Gasteiger partial charge is 0.264 e. The van der Waals surface area contributed by atoms with Crippen molar-refractivity contribution in [2.24, 2.45) is 0 Å². The van der Waals surface area contributed by atoms with Crippen molar-refractivity contribution in [2.45, 2.75) is 25.4 Å². The van der Waals surface area contributed by atoms with E-state index >= 15 is 0 Å². The van der Waals surface area contributed by atoms with Gasteiger partial charge in [-0.25, -0.2) is 0 Å². The number of rotatable bonds is 5. The highest BCUT2D eigenvalue weighted by Crippen LogP contribution is 2.32. The van der Waals surface area contributed by atoms with Crippen molar-refractivity contribution in [3.05, 3.63) is 64.7 Å². The molecule has 2 fully saturated rings. The third-order valence-electron chi connectivity index (χ3n) is 6.52. The van der Waals surface area contributed by atoms with Crippen molar-refractivity contribution in [3.8, 4) is 0 Å². The first-order valence-corrected chi connectivity index (χ1v) is 11.6. The van der Waals surface area contributed by atoms with Crippen molar-refractivity contribution < 1.29 is 24.0 Å². The summed E-state index contributed by atoms with van der Waals surface area (Å²) < 4.78 is 0. The molecule has 3 aliphatic heterocycles. The van der Waals surface area contributed by atoms with Crippen LogP contribution in [0.15, 0.2) is 42.5 Å². The summed E-state index contributed by atoms with van der Waals surface area (Å²) in [7, 11) is 0. The molecule has 5 rings (SSSR count). The summed E-state index contributed by atoms with van der Waals surface area (Å²) in [5, 5.41) is 8.26. The summed E-state index contributed by atoms with van der Waals surface area (Å²) in [5.41, 5.74) is 1.81. The standard InChI is InChI=1S/C25H25N5O5/c31-20-8-7-19(23(33)28-20)30-24(34)17-5-2-6-18(21(17)25(30)35)27-22(32)16-4-1-3-15(13-16)14-29-11-9-26-10-12-29/h1-6,13,19,26H,7-12,14H2,(H,27,32)(H,28,31,33). The topological polar surface area (TPSA) is 128 Å². The van der Waals surface area contributed by atoms with Crippen molar-refractivity contribution in [1.82, 2.24) is 20.4 Å². The molecule has 3 heterocycles. The van der Waals surface area contributed by atoms with Crippen LogP contribution in [0.25, 0.3) is 0 Å². The van der Waals surface area contributed by atoms with Gasteiger partial charge in [0.15, 0.2) is 0 Å². The lowest BCUT2D eigenvalue weighted by atomic mass is 10.0. The Bertz CT molecular complexity index is 1240. The van der Waals surface area contributed by atoms with Gasteiger partial charge in [-0.15, -0.1) is 0 Å². The average Bonchev–Trinajstić information content (AvgIpc) is 3.11. The fourth-order valence-corrected chi connectivity index (χ4v) is 4.75. The Labute approximate surface area is 201 Å². The molecule has 1 atom stereocenters. The van der Waals surface area contributed by atoms with E-state index in [1.165, 1.54) is 6.07 Å². The number of nitrogens with zero attached hydrogens (tertiary/aromatic N) is 2. The fourth-order valence-electron chi connectivity index (χ4n) is 4.75. The van der Waals surface area contributed by atoms with Crippen LogP contribution < -0.4 is 16.0 Å². The van der Waals surface area contributed by atoms with E-state index < -0.39 is 35.6 Å². The number of imide groups is 2. The molecule has 0 aromatic heterocycles. The Morgan fingerprint density at radius 2 is 1.77 bits per heavy atom. The van der Waals surface area contributed by atoms with Gasteiger partial charge in [0.1, 0.15) is 6.04 Å². The second kappa shape index (κ2) is 9.40. The Balaban J connectivity index is 1.35. The highest BCUT2D eigenvalue weighted by atomic mass is 16.2. The first kappa shape index (κ1) is 22.9. The van der Waals surface area contributed by atoms with Gasteiger partial charge in [0.25, 0.3) is 17.7 Å². The molecule has 0 saturated carbocycles. The summed E-state index contributed by atoms with van der Waals surface area (Å²) in [6.45, 7) is 4.47. The molecule has 3 aliphatic rings. The van der Waals surface area contributed by atoms with Crippen LogP contribution in [0.4, 0.5) is 5.69 Å². The third-order valence-corrected chi connectivity index (χ3v) is 6.52. The normalized spacial score (nSPS) is 20.6. The zero-order valence-corrected chi connectivity index (χ0v) is 19.0. The Kier molecular flexibility index (Phi) is 6.14. The number of carbonyl (C=O) groups is 5. The second-order valence-electron chi connectivity index (χ2n) is 8.86. The van der Waals surface area contributed by atoms with Gasteiger partial charge in [0.2, 0.25) is 11.8 Å². The minimum atomic E-state index is -1.06. The van der Waals surface area contributed by atoms with Gasteiger partial charge in [-0.1, -0.05) is 18.2 Å². The summed E-state index contributed by atoms with van der Waals surface area (Å²) in [4.78, 5) is 66.3. The summed E-state index contributed by atoms with van der Waals surface area (Å²) in [6, 6.07) is 10.9. The minimum absolute atomic E-state index is 0.0394. The SMILES string of the molecule is O=C1CCC(N2C(=O)c3cccc(NC(=O)c4cccc(CN5CCNCC5)c4)c3C2=O)C(=O)N1. The number of anilines is 1. The zero-order valence-electron chi connectivity index (χ0n) is 19.0. The Hall–Kier alpha value is -3.89. The van der Waals surface area contributed by atoms with Gasteiger partial charge >= 0.3 is 0 Å². The van der Waals surface area contributed by atoms with Crippen molar-refractivity contribution in [1.29, 1.82) is 0 Å². The molecule has 2 aromatic carbocycles. The lowest BCUT2D eigenvalue weighted by Gasteiger charge is -2.27. The van der Waals surface area contributed by atoms with E-state index in [4.69, 9.17) is 0 Å². The molecule has 1 unspecified atom stereocenters. The van der Waals surface area contributed by atoms with Gasteiger partial charge in [-0.3, -0.25) is 39.1 Å². The number of piperazine rings is 1. The number of hydrogen-bond donors (Lipinski definition) is 3. The lowest BCUT2D eigenvalue weighted by Crippen LogP contribution is -2.54. The molecule has 180 valence electrons. The quantitative estimate of drug-likeness (QED) is 0.545. The van der Waals surface area contributed by atoms with E-state index in [1.807, 2.05) is 18.2 Å². The minimum Gasteiger partial charge on any atom is -0.321 e. The maximum Gasteiger partial charge on any atom is 0.264 e. The highest BCUT2D eigenvalue weighted by Gasteiger charge is 2.45. The van der Waals surface area contributed by atoms with E-state index in [9.17, 15) is 24.0 Å². The van der Waals surface area contributed by atoms with E-state index in [2.05, 4.69) is 20.9 Å². The predicted molar refractivity (Wildman–Crippen MR) is 126 cm³/mol. The zero-order chi connectivity index (χ0) is 24.5. The van der Waals surface area contributed by atoms with Crippen LogP contribution >= 0.6 is 0 Å². The molecular formula is C25H25N5O5. The molecular weight excluding hydrogens is 450 g/mol. The number of benzene rings is 2. The number of amides is 5. The molecule has 5 amide bonds. The maximum atomic E-state index is 13.2. The van der Waals surface area contributed by atoms with Gasteiger partial charge in [-0.2, -0.15) is 0 Å². The monoisotopic (exact) mass is 475 g/mol. The van der Waals surface area contributed by atoms with E-state index in [1.54, 1.807) is 18.2 Å². The van der Waals surface area contributed by atoms with Crippen LogP contribution in [0, 0.1) is 0 Å². The van der Waals surface area contributed by atoms with E-state index in [0.717, 1.165) is 43.2 Å². The molecule has 2 saturated heterocycles. The number of fused-ring (bicyclic) bond motifs is 1. The number of hydrogen-bond acceptors (Lipinski definition) is 7. The molecule has 0 bridgehead atoms. The summed E-state index contributed by atoms with van der Waals surface area (Å²) in [6.07, 6.45) is 0.107. The molecule has 3 N–H and O–H groups in total. The van der Waals surface area contributed by atoms with Crippen LogP contribution in [0.1, 0.15) is 49.5 Å². The molecule has 10 nitrogen and oxygen atoms in total. The second-order valence-corrected chi connectivity index (χ2v) is 8.86. The predicted octanol–water partition coefficient (Wildman–Crippen LogP) is 0.745. The maximum absolute atomic E-state index is 13.2. The molecule has 35 heavy (non-hydrogen) atoms. The van der Waals surface area contributed by atoms with E-state index in [-0.39, 0.29) is 29.7 Å². The Morgan fingerprint density at radius 3 is 2.54 bits per heavy atom. The third kappa shape index (κ3) is 4.45. The molecule has 10 heteroatoms. The van der Waals surface area contributed by atoms with Crippen molar-refractivity contribution in [2.75, 3.05) is 31.5 Å². The average molecular weight is 476 g/mol. The van der Waals surface area contributed by atoms with Gasteiger partial charge in [-0.05, 0) is 36.2 Å². The van der Waals surface area contributed by atoms with Crippen LogP contribution in [0.5, 0.6) is 0 Å². The Morgan fingerprint density at radius 1 is 1.00 bits per heavy atom. The van der Waals surface area contributed by atoms with Gasteiger partial charge in [0.05, 0.1) is 16.8 Å². The molecule has 0 spiro atoms. The van der Waals surface area contributed by atoms with Crippen LogP contribution in [-0.4, -0.2) is 71.6 Å². The van der Waals surface area contributed by atoms with Gasteiger partial charge < -0.3 is 10.6 Å². The molecule has 0 radical (unpaired) electrons. The van der Waals surface area contributed by atoms with Crippen molar-refractivity contribution >= 4 is 35.2 Å². The van der Waals surface area contributed by atoms with Crippen LogP contribution in [0.2, 0.25) is 0 Å².